The highest BCUT2D eigenvalue weighted by molar-refractivity contribution is 9.10. The Bertz CT molecular complexity index is 650. The Morgan fingerprint density at radius 1 is 1.27 bits per heavy atom. The van der Waals surface area contributed by atoms with Crippen molar-refractivity contribution in [3.05, 3.63) is 16.6 Å². The van der Waals surface area contributed by atoms with Crippen LogP contribution in [-0.4, -0.2) is 45.6 Å². The van der Waals surface area contributed by atoms with Crippen LogP contribution in [-0.2, 0) is 10.0 Å². The third kappa shape index (κ3) is 3.24. The van der Waals surface area contributed by atoms with Gasteiger partial charge in [-0.3, -0.25) is 0 Å². The Hall–Kier alpha value is -0.830. The van der Waals surface area contributed by atoms with E-state index in [4.69, 9.17) is 15.2 Å². The number of hydrogen-bond donors (Lipinski definition) is 1. The van der Waals surface area contributed by atoms with Crippen LogP contribution in [0.2, 0.25) is 0 Å². The summed E-state index contributed by atoms with van der Waals surface area (Å²) in [4.78, 5) is 0.174. The van der Waals surface area contributed by atoms with Crippen LogP contribution in [0.3, 0.4) is 0 Å². The first-order chi connectivity index (χ1) is 10.3. The maximum absolute atomic E-state index is 13.0. The van der Waals surface area contributed by atoms with Crippen molar-refractivity contribution in [3.8, 4) is 11.5 Å². The van der Waals surface area contributed by atoms with Crippen molar-refractivity contribution in [2.75, 3.05) is 20.8 Å². The summed E-state index contributed by atoms with van der Waals surface area (Å²) in [6.45, 7) is 2.30. The number of benzene rings is 1. The number of nitrogens with zero attached hydrogens (tertiary/aromatic N) is 1. The van der Waals surface area contributed by atoms with E-state index in [9.17, 15) is 8.42 Å². The predicted octanol–water partition coefficient (Wildman–Crippen LogP) is 1.97. The van der Waals surface area contributed by atoms with Crippen LogP contribution in [0.1, 0.15) is 19.8 Å². The summed E-state index contributed by atoms with van der Waals surface area (Å²) in [7, 11) is -0.644. The maximum Gasteiger partial charge on any atom is 0.244 e. The first kappa shape index (κ1) is 17.5. The SMILES string of the molecule is COc1cc(Br)c(S(=O)(=O)N2CCC(N)CC2C)cc1OC. The molecule has 0 aromatic heterocycles. The van der Waals surface area contributed by atoms with Gasteiger partial charge in [-0.2, -0.15) is 4.31 Å². The van der Waals surface area contributed by atoms with Crippen LogP contribution in [0.4, 0.5) is 0 Å². The molecule has 22 heavy (non-hydrogen) atoms. The number of ether oxygens (including phenoxy) is 2. The lowest BCUT2D eigenvalue weighted by molar-refractivity contribution is 0.247. The van der Waals surface area contributed by atoms with Gasteiger partial charge >= 0.3 is 0 Å². The number of piperidine rings is 1. The smallest absolute Gasteiger partial charge is 0.244 e. The van der Waals surface area contributed by atoms with Crippen LogP contribution in [0.15, 0.2) is 21.5 Å². The topological polar surface area (TPSA) is 81.9 Å². The minimum atomic E-state index is -3.63. The first-order valence-corrected chi connectivity index (χ1v) is 9.23. The number of nitrogens with two attached hydrogens (primary N) is 1. The molecule has 6 nitrogen and oxygen atoms in total. The van der Waals surface area contributed by atoms with E-state index in [0.717, 1.165) is 0 Å². The lowest BCUT2D eigenvalue weighted by Gasteiger charge is -2.35. The highest BCUT2D eigenvalue weighted by Gasteiger charge is 2.35. The third-order valence-electron chi connectivity index (χ3n) is 3.88. The molecule has 1 saturated heterocycles. The fraction of sp³-hybridized carbons (Fsp3) is 0.571. The summed E-state index contributed by atoms with van der Waals surface area (Å²) >= 11 is 3.32. The summed E-state index contributed by atoms with van der Waals surface area (Å²) in [6.07, 6.45) is 1.32. The second kappa shape index (κ2) is 6.74. The molecular formula is C14H21BrN2O4S. The summed E-state index contributed by atoms with van der Waals surface area (Å²) in [6, 6.07) is 3.01. The van der Waals surface area contributed by atoms with Crippen molar-refractivity contribution >= 4 is 26.0 Å². The van der Waals surface area contributed by atoms with Crippen molar-refractivity contribution in [1.82, 2.24) is 4.31 Å². The quantitative estimate of drug-likeness (QED) is 0.846. The minimum Gasteiger partial charge on any atom is -0.493 e. The molecule has 0 bridgehead atoms. The fourth-order valence-electron chi connectivity index (χ4n) is 2.70. The molecule has 0 amide bonds. The zero-order chi connectivity index (χ0) is 16.5. The van der Waals surface area contributed by atoms with Crippen molar-refractivity contribution in [1.29, 1.82) is 0 Å². The van der Waals surface area contributed by atoms with E-state index in [1.54, 1.807) is 6.07 Å². The van der Waals surface area contributed by atoms with E-state index in [2.05, 4.69) is 15.9 Å². The van der Waals surface area contributed by atoms with Gasteiger partial charge in [0.05, 0.1) is 14.2 Å². The molecule has 1 aromatic rings. The van der Waals surface area contributed by atoms with E-state index in [0.29, 0.717) is 35.4 Å². The average Bonchev–Trinajstić information content (AvgIpc) is 2.46. The molecule has 124 valence electrons. The molecule has 1 aromatic carbocycles. The number of sulfonamides is 1. The van der Waals surface area contributed by atoms with Gasteiger partial charge in [0.15, 0.2) is 11.5 Å². The van der Waals surface area contributed by atoms with Crippen molar-refractivity contribution in [2.45, 2.75) is 36.7 Å². The highest BCUT2D eigenvalue weighted by atomic mass is 79.9. The van der Waals surface area contributed by atoms with E-state index < -0.39 is 10.0 Å². The van der Waals surface area contributed by atoms with Crippen LogP contribution in [0.25, 0.3) is 0 Å². The normalized spacial score (nSPS) is 23.3. The lowest BCUT2D eigenvalue weighted by atomic mass is 10.0. The van der Waals surface area contributed by atoms with Crippen LogP contribution in [0, 0.1) is 0 Å². The van der Waals surface area contributed by atoms with Gasteiger partial charge in [0.25, 0.3) is 0 Å². The van der Waals surface area contributed by atoms with E-state index >= 15 is 0 Å². The molecule has 0 saturated carbocycles. The molecule has 1 aliphatic rings. The molecular weight excluding hydrogens is 372 g/mol. The minimum absolute atomic E-state index is 0.0512. The van der Waals surface area contributed by atoms with Crippen LogP contribution >= 0.6 is 15.9 Å². The van der Waals surface area contributed by atoms with Gasteiger partial charge in [-0.25, -0.2) is 8.42 Å². The number of halogens is 1. The highest BCUT2D eigenvalue weighted by Crippen LogP contribution is 2.37. The van der Waals surface area contributed by atoms with Crippen molar-refractivity contribution in [2.24, 2.45) is 5.73 Å². The molecule has 1 heterocycles. The Kier molecular flexibility index (Phi) is 5.37. The molecule has 2 N–H and O–H groups in total. The molecule has 2 rings (SSSR count). The Balaban J connectivity index is 2.45. The third-order valence-corrected chi connectivity index (χ3v) is 6.85. The summed E-state index contributed by atoms with van der Waals surface area (Å²) < 4.78 is 38.3. The molecule has 1 aliphatic heterocycles. The second-order valence-corrected chi connectivity index (χ2v) is 8.10. The average molecular weight is 393 g/mol. The van der Waals surface area contributed by atoms with E-state index in [1.807, 2.05) is 6.92 Å². The van der Waals surface area contributed by atoms with Gasteiger partial charge in [0.2, 0.25) is 10.0 Å². The summed E-state index contributed by atoms with van der Waals surface area (Å²) in [5, 5.41) is 0. The molecule has 8 heteroatoms. The van der Waals surface area contributed by atoms with Gasteiger partial charge in [0, 0.05) is 29.2 Å². The van der Waals surface area contributed by atoms with Crippen molar-refractivity contribution in [3.63, 3.8) is 0 Å². The van der Waals surface area contributed by atoms with Gasteiger partial charge in [-0.05, 0) is 41.8 Å². The predicted molar refractivity (Wildman–Crippen MR) is 87.8 cm³/mol. The molecule has 0 radical (unpaired) electrons. The van der Waals surface area contributed by atoms with Gasteiger partial charge < -0.3 is 15.2 Å². The molecule has 0 spiro atoms. The van der Waals surface area contributed by atoms with Gasteiger partial charge in [0.1, 0.15) is 4.90 Å². The van der Waals surface area contributed by atoms with Gasteiger partial charge in [-0.1, -0.05) is 0 Å². The number of methoxy groups -OCH3 is 2. The number of hydrogen-bond acceptors (Lipinski definition) is 5. The summed E-state index contributed by atoms with van der Waals surface area (Å²) in [5.74, 6) is 0.854. The Labute approximate surface area is 139 Å². The second-order valence-electron chi connectivity index (χ2n) is 5.39. The molecule has 1 fully saturated rings. The largest absolute Gasteiger partial charge is 0.493 e. The van der Waals surface area contributed by atoms with Crippen LogP contribution < -0.4 is 15.2 Å². The van der Waals surface area contributed by atoms with E-state index in [1.165, 1.54) is 24.6 Å². The van der Waals surface area contributed by atoms with Crippen molar-refractivity contribution < 1.29 is 17.9 Å². The number of rotatable bonds is 4. The standard InChI is InChI=1S/C14H21BrN2O4S/c1-9-6-10(16)4-5-17(9)22(18,19)14-8-13(21-3)12(20-2)7-11(14)15/h7-10H,4-6,16H2,1-3H3. The monoisotopic (exact) mass is 392 g/mol. The van der Waals surface area contributed by atoms with E-state index in [-0.39, 0.29) is 17.0 Å². The molecule has 0 aliphatic carbocycles. The lowest BCUT2D eigenvalue weighted by Crippen LogP contribution is -2.48. The zero-order valence-corrected chi connectivity index (χ0v) is 15.3. The fourth-order valence-corrected chi connectivity index (χ4v) is 5.36. The maximum atomic E-state index is 13.0. The zero-order valence-electron chi connectivity index (χ0n) is 12.9. The van der Waals surface area contributed by atoms with Gasteiger partial charge in [-0.15, -0.1) is 0 Å². The van der Waals surface area contributed by atoms with Crippen LogP contribution in [0.5, 0.6) is 11.5 Å². The Morgan fingerprint density at radius 2 is 1.86 bits per heavy atom. The first-order valence-electron chi connectivity index (χ1n) is 7.00. The Morgan fingerprint density at radius 3 is 2.41 bits per heavy atom. The molecule has 2 atom stereocenters. The summed E-state index contributed by atoms with van der Waals surface area (Å²) in [5.41, 5.74) is 5.92. The molecule has 2 unspecified atom stereocenters.